The van der Waals surface area contributed by atoms with E-state index < -0.39 is 5.97 Å². The summed E-state index contributed by atoms with van der Waals surface area (Å²) in [5.74, 6) is -0.998. The first-order chi connectivity index (χ1) is 6.65. The van der Waals surface area contributed by atoms with Crippen LogP contribution in [0.1, 0.15) is 25.7 Å². The van der Waals surface area contributed by atoms with Crippen LogP contribution in [0.15, 0.2) is 12.7 Å². The quantitative estimate of drug-likeness (QED) is 0.647. The molecule has 1 saturated carbocycles. The Morgan fingerprint density at radius 1 is 1.43 bits per heavy atom. The molecule has 0 radical (unpaired) electrons. The van der Waals surface area contributed by atoms with Crippen molar-refractivity contribution in [3.05, 3.63) is 12.7 Å². The van der Waals surface area contributed by atoms with Gasteiger partial charge in [0, 0.05) is 19.0 Å². The van der Waals surface area contributed by atoms with Crippen LogP contribution >= 0.6 is 0 Å². The fraction of sp³-hybridized carbons (Fsp3) is 0.600. The zero-order valence-corrected chi connectivity index (χ0v) is 8.11. The lowest BCUT2D eigenvalue weighted by Crippen LogP contribution is -2.33. The Bertz CT molecular complexity index is 246. The molecule has 0 atom stereocenters. The van der Waals surface area contributed by atoms with Crippen LogP contribution in [-0.2, 0) is 9.59 Å². The van der Waals surface area contributed by atoms with E-state index in [2.05, 4.69) is 6.58 Å². The molecule has 1 amide bonds. The highest BCUT2D eigenvalue weighted by Crippen LogP contribution is 2.27. The van der Waals surface area contributed by atoms with Crippen LogP contribution in [0.2, 0.25) is 0 Å². The average Bonchev–Trinajstić information content (AvgIpc) is 2.93. The van der Waals surface area contributed by atoms with Gasteiger partial charge in [0.1, 0.15) is 0 Å². The van der Waals surface area contributed by atoms with Gasteiger partial charge in [0.15, 0.2) is 0 Å². The highest BCUT2D eigenvalue weighted by molar-refractivity contribution is 5.81. The Balaban J connectivity index is 2.37. The third kappa shape index (κ3) is 3.20. The van der Waals surface area contributed by atoms with E-state index in [4.69, 9.17) is 5.11 Å². The lowest BCUT2D eigenvalue weighted by Gasteiger charge is -2.20. The molecule has 0 aromatic carbocycles. The fourth-order valence-corrected chi connectivity index (χ4v) is 1.34. The fourth-order valence-electron chi connectivity index (χ4n) is 1.34. The predicted octanol–water partition coefficient (Wildman–Crippen LogP) is 1.03. The van der Waals surface area contributed by atoms with E-state index >= 15 is 0 Å². The molecule has 1 rings (SSSR count). The molecular formula is C10H15NO3. The number of aliphatic carboxylic acids is 1. The summed E-state index contributed by atoms with van der Waals surface area (Å²) < 4.78 is 0. The third-order valence-electron chi connectivity index (χ3n) is 2.19. The molecule has 78 valence electrons. The van der Waals surface area contributed by atoms with Gasteiger partial charge in [-0.15, -0.1) is 6.58 Å². The molecule has 14 heavy (non-hydrogen) atoms. The summed E-state index contributed by atoms with van der Waals surface area (Å²) in [6, 6.07) is 0.328. The van der Waals surface area contributed by atoms with Gasteiger partial charge >= 0.3 is 5.97 Å². The highest BCUT2D eigenvalue weighted by Gasteiger charge is 2.31. The van der Waals surface area contributed by atoms with Crippen molar-refractivity contribution in [2.24, 2.45) is 0 Å². The maximum Gasteiger partial charge on any atom is 0.303 e. The van der Waals surface area contributed by atoms with Crippen molar-refractivity contribution < 1.29 is 14.7 Å². The number of hydrogen-bond acceptors (Lipinski definition) is 2. The lowest BCUT2D eigenvalue weighted by molar-refractivity contribution is -0.140. The van der Waals surface area contributed by atoms with Crippen molar-refractivity contribution in [1.29, 1.82) is 0 Å². The summed E-state index contributed by atoms with van der Waals surface area (Å²) in [5, 5.41) is 8.44. The number of carbonyl (C=O) groups excluding carboxylic acids is 1. The number of nitrogens with zero attached hydrogens (tertiary/aromatic N) is 1. The van der Waals surface area contributed by atoms with Gasteiger partial charge in [-0.2, -0.15) is 0 Å². The SMILES string of the molecule is C=CCN(C(=O)CCC(=O)O)C1CC1. The van der Waals surface area contributed by atoms with Crippen LogP contribution < -0.4 is 0 Å². The van der Waals surface area contributed by atoms with E-state index in [0.717, 1.165) is 12.8 Å². The van der Waals surface area contributed by atoms with E-state index in [0.29, 0.717) is 12.6 Å². The molecule has 0 aromatic heterocycles. The molecule has 4 heteroatoms. The minimum Gasteiger partial charge on any atom is -0.481 e. The summed E-state index contributed by atoms with van der Waals surface area (Å²) >= 11 is 0. The van der Waals surface area contributed by atoms with Gasteiger partial charge in [-0.05, 0) is 12.8 Å². The molecule has 1 fully saturated rings. The van der Waals surface area contributed by atoms with Crippen molar-refractivity contribution in [2.75, 3.05) is 6.54 Å². The molecule has 1 aliphatic carbocycles. The van der Waals surface area contributed by atoms with Crippen LogP contribution in [-0.4, -0.2) is 34.5 Å². The molecule has 4 nitrogen and oxygen atoms in total. The van der Waals surface area contributed by atoms with Crippen molar-refractivity contribution in [1.82, 2.24) is 4.90 Å². The van der Waals surface area contributed by atoms with Crippen molar-refractivity contribution in [3.8, 4) is 0 Å². The standard InChI is InChI=1S/C10H15NO3/c1-2-7-11(8-3-4-8)9(12)5-6-10(13)14/h2,8H,1,3-7H2,(H,13,14). The zero-order chi connectivity index (χ0) is 10.6. The molecule has 1 N–H and O–H groups in total. The van der Waals surface area contributed by atoms with Crippen LogP contribution in [0.25, 0.3) is 0 Å². The summed E-state index contributed by atoms with van der Waals surface area (Å²) in [6.07, 6.45) is 3.76. The van der Waals surface area contributed by atoms with Gasteiger partial charge in [0.2, 0.25) is 5.91 Å². The summed E-state index contributed by atoms with van der Waals surface area (Å²) in [7, 11) is 0. The summed E-state index contributed by atoms with van der Waals surface area (Å²) in [5.41, 5.74) is 0. The Hall–Kier alpha value is -1.32. The second kappa shape index (κ2) is 4.79. The minimum atomic E-state index is -0.923. The molecule has 0 saturated heterocycles. The van der Waals surface area contributed by atoms with E-state index in [1.165, 1.54) is 0 Å². The molecule has 0 spiro atoms. The molecule has 0 unspecified atom stereocenters. The second-order valence-electron chi connectivity index (χ2n) is 3.46. The van der Waals surface area contributed by atoms with Crippen LogP contribution in [0.5, 0.6) is 0 Å². The molecule has 0 bridgehead atoms. The second-order valence-corrected chi connectivity index (χ2v) is 3.46. The Kier molecular flexibility index (Phi) is 3.68. The summed E-state index contributed by atoms with van der Waals surface area (Å²) in [4.78, 5) is 23.5. The average molecular weight is 197 g/mol. The van der Waals surface area contributed by atoms with Crippen molar-refractivity contribution >= 4 is 11.9 Å². The molecular weight excluding hydrogens is 182 g/mol. The first kappa shape index (κ1) is 10.8. The monoisotopic (exact) mass is 197 g/mol. The van der Waals surface area contributed by atoms with Crippen molar-refractivity contribution in [3.63, 3.8) is 0 Å². The van der Waals surface area contributed by atoms with E-state index in [-0.39, 0.29) is 18.7 Å². The highest BCUT2D eigenvalue weighted by atomic mass is 16.4. The Morgan fingerprint density at radius 3 is 2.50 bits per heavy atom. The van der Waals surface area contributed by atoms with Gasteiger partial charge in [-0.25, -0.2) is 0 Å². The first-order valence-electron chi connectivity index (χ1n) is 4.77. The van der Waals surface area contributed by atoms with Crippen LogP contribution in [0.4, 0.5) is 0 Å². The topological polar surface area (TPSA) is 57.6 Å². The third-order valence-corrected chi connectivity index (χ3v) is 2.19. The number of carboxylic acids is 1. The molecule has 0 aromatic rings. The normalized spacial score (nSPS) is 14.9. The number of rotatable bonds is 6. The van der Waals surface area contributed by atoms with Gasteiger partial charge in [0.05, 0.1) is 6.42 Å². The number of amides is 1. The minimum absolute atomic E-state index is 0.0743. The van der Waals surface area contributed by atoms with Gasteiger partial charge in [0.25, 0.3) is 0 Å². The van der Waals surface area contributed by atoms with E-state index in [1.807, 2.05) is 0 Å². The predicted molar refractivity (Wildman–Crippen MR) is 51.8 cm³/mol. The Labute approximate surface area is 83.2 Å². The smallest absolute Gasteiger partial charge is 0.303 e. The molecule has 0 aliphatic heterocycles. The lowest BCUT2D eigenvalue weighted by atomic mass is 10.2. The van der Waals surface area contributed by atoms with Gasteiger partial charge in [-0.3, -0.25) is 9.59 Å². The van der Waals surface area contributed by atoms with Gasteiger partial charge in [-0.1, -0.05) is 6.08 Å². The van der Waals surface area contributed by atoms with E-state index in [9.17, 15) is 9.59 Å². The zero-order valence-electron chi connectivity index (χ0n) is 8.11. The molecule has 1 aliphatic rings. The van der Waals surface area contributed by atoms with Gasteiger partial charge < -0.3 is 10.0 Å². The number of carboxylic acid groups (broad SMARTS) is 1. The molecule has 0 heterocycles. The maximum absolute atomic E-state index is 11.5. The van der Waals surface area contributed by atoms with Crippen LogP contribution in [0.3, 0.4) is 0 Å². The van der Waals surface area contributed by atoms with E-state index in [1.54, 1.807) is 11.0 Å². The number of carbonyl (C=O) groups is 2. The van der Waals surface area contributed by atoms with Crippen molar-refractivity contribution in [2.45, 2.75) is 31.7 Å². The maximum atomic E-state index is 11.5. The van der Waals surface area contributed by atoms with Crippen LogP contribution in [0, 0.1) is 0 Å². The summed E-state index contributed by atoms with van der Waals surface area (Å²) in [6.45, 7) is 4.11. The first-order valence-corrected chi connectivity index (χ1v) is 4.77. The number of hydrogen-bond donors (Lipinski definition) is 1. The largest absolute Gasteiger partial charge is 0.481 e. The Morgan fingerprint density at radius 2 is 2.07 bits per heavy atom.